The Balaban J connectivity index is 2.01. The highest BCUT2D eigenvalue weighted by Crippen LogP contribution is 2.27. The van der Waals surface area contributed by atoms with Crippen LogP contribution in [0, 0.1) is 6.92 Å². The molecule has 21 heavy (non-hydrogen) atoms. The Kier molecular flexibility index (Phi) is 5.98. The highest BCUT2D eigenvalue weighted by Gasteiger charge is 2.11. The second-order valence-corrected chi connectivity index (χ2v) is 4.88. The number of halogens is 1. The lowest BCUT2D eigenvalue weighted by molar-refractivity contribution is 0.199. The number of rotatable bonds is 8. The van der Waals surface area contributed by atoms with Crippen molar-refractivity contribution in [1.29, 1.82) is 0 Å². The summed E-state index contributed by atoms with van der Waals surface area (Å²) in [5, 5.41) is 11.4. The zero-order chi connectivity index (χ0) is 15.1. The van der Waals surface area contributed by atoms with Gasteiger partial charge in [0.25, 0.3) is 0 Å². The summed E-state index contributed by atoms with van der Waals surface area (Å²) in [7, 11) is 1.67. The molecule has 0 spiro atoms. The number of hydrogen-bond acceptors (Lipinski definition) is 6. The summed E-state index contributed by atoms with van der Waals surface area (Å²) in [5.74, 6) is 0.717. The van der Waals surface area contributed by atoms with E-state index in [0.29, 0.717) is 30.5 Å². The van der Waals surface area contributed by atoms with Crippen LogP contribution in [0.15, 0.2) is 22.8 Å². The van der Waals surface area contributed by atoms with Crippen molar-refractivity contribution < 1.29 is 14.1 Å². The molecular formula is C14H18ClN3O3. The SMILES string of the molecule is COCCNCc1c(Cl)cccc1OCc1nonc1C. The van der Waals surface area contributed by atoms with Gasteiger partial charge in [-0.3, -0.25) is 0 Å². The van der Waals surface area contributed by atoms with Crippen LogP contribution in [0.25, 0.3) is 0 Å². The second-order valence-electron chi connectivity index (χ2n) is 4.47. The van der Waals surface area contributed by atoms with Crippen molar-refractivity contribution in [2.24, 2.45) is 0 Å². The van der Waals surface area contributed by atoms with Gasteiger partial charge in [0.1, 0.15) is 23.7 Å². The number of benzene rings is 1. The van der Waals surface area contributed by atoms with Crippen molar-refractivity contribution >= 4 is 11.6 Å². The van der Waals surface area contributed by atoms with Gasteiger partial charge in [0.15, 0.2) is 0 Å². The molecule has 0 saturated carbocycles. The molecule has 6 nitrogen and oxygen atoms in total. The summed E-state index contributed by atoms with van der Waals surface area (Å²) in [4.78, 5) is 0. The van der Waals surface area contributed by atoms with E-state index in [4.69, 9.17) is 21.1 Å². The number of ether oxygens (including phenoxy) is 2. The average molecular weight is 312 g/mol. The summed E-state index contributed by atoms with van der Waals surface area (Å²) in [6.07, 6.45) is 0. The third-order valence-corrected chi connectivity index (χ3v) is 3.33. The van der Waals surface area contributed by atoms with Crippen LogP contribution in [-0.4, -0.2) is 30.6 Å². The fraction of sp³-hybridized carbons (Fsp3) is 0.429. The first-order chi connectivity index (χ1) is 10.2. The minimum atomic E-state index is 0.292. The number of nitrogens with one attached hydrogen (secondary N) is 1. The Morgan fingerprint density at radius 3 is 2.90 bits per heavy atom. The van der Waals surface area contributed by atoms with Gasteiger partial charge in [0.2, 0.25) is 0 Å². The highest BCUT2D eigenvalue weighted by atomic mass is 35.5. The Hall–Kier alpha value is -1.63. The van der Waals surface area contributed by atoms with Gasteiger partial charge in [0.05, 0.1) is 6.61 Å². The van der Waals surface area contributed by atoms with Crippen LogP contribution in [0.4, 0.5) is 0 Å². The van der Waals surface area contributed by atoms with Crippen LogP contribution in [0.5, 0.6) is 5.75 Å². The van der Waals surface area contributed by atoms with E-state index in [2.05, 4.69) is 20.3 Å². The lowest BCUT2D eigenvalue weighted by atomic mass is 10.2. The standard InChI is InChI=1S/C14H18ClN3O3/c1-10-13(18-21-17-10)9-20-14-5-3-4-12(15)11(14)8-16-6-7-19-2/h3-5,16H,6-9H2,1-2H3. The summed E-state index contributed by atoms with van der Waals surface area (Å²) in [5.41, 5.74) is 2.30. The quantitative estimate of drug-likeness (QED) is 0.755. The van der Waals surface area contributed by atoms with E-state index in [1.807, 2.05) is 25.1 Å². The Morgan fingerprint density at radius 2 is 2.19 bits per heavy atom. The van der Waals surface area contributed by atoms with Gasteiger partial charge in [-0.1, -0.05) is 28.0 Å². The molecule has 1 aromatic carbocycles. The van der Waals surface area contributed by atoms with Crippen LogP contribution < -0.4 is 10.1 Å². The van der Waals surface area contributed by atoms with Crippen molar-refractivity contribution in [3.05, 3.63) is 40.2 Å². The zero-order valence-electron chi connectivity index (χ0n) is 12.1. The molecule has 2 rings (SSSR count). The van der Waals surface area contributed by atoms with Gasteiger partial charge in [-0.05, 0) is 19.1 Å². The molecule has 0 aliphatic carbocycles. The lowest BCUT2D eigenvalue weighted by Crippen LogP contribution is -2.19. The first-order valence-electron chi connectivity index (χ1n) is 6.60. The molecule has 114 valence electrons. The molecule has 0 bridgehead atoms. The maximum absolute atomic E-state index is 6.24. The van der Waals surface area contributed by atoms with Crippen molar-refractivity contribution in [3.8, 4) is 5.75 Å². The summed E-state index contributed by atoms with van der Waals surface area (Å²) in [6, 6.07) is 5.57. The largest absolute Gasteiger partial charge is 0.487 e. The van der Waals surface area contributed by atoms with Crippen LogP contribution in [0.1, 0.15) is 17.0 Å². The van der Waals surface area contributed by atoms with E-state index in [9.17, 15) is 0 Å². The molecule has 0 aliphatic rings. The molecule has 1 heterocycles. The first kappa shape index (κ1) is 15.8. The van der Waals surface area contributed by atoms with E-state index >= 15 is 0 Å². The second kappa shape index (κ2) is 7.97. The predicted octanol–water partition coefficient (Wildman–Crippen LogP) is 2.35. The van der Waals surface area contributed by atoms with E-state index in [0.717, 1.165) is 23.6 Å². The van der Waals surface area contributed by atoms with E-state index in [1.165, 1.54) is 0 Å². The van der Waals surface area contributed by atoms with E-state index in [1.54, 1.807) is 7.11 Å². The maximum atomic E-state index is 6.24. The van der Waals surface area contributed by atoms with E-state index in [-0.39, 0.29) is 0 Å². The van der Waals surface area contributed by atoms with Gasteiger partial charge in [-0.15, -0.1) is 0 Å². The van der Waals surface area contributed by atoms with Crippen LogP contribution in [0.2, 0.25) is 5.02 Å². The molecule has 0 unspecified atom stereocenters. The average Bonchev–Trinajstić information content (AvgIpc) is 2.88. The van der Waals surface area contributed by atoms with Gasteiger partial charge in [-0.2, -0.15) is 0 Å². The third-order valence-electron chi connectivity index (χ3n) is 2.97. The fourth-order valence-electron chi connectivity index (χ4n) is 1.76. The number of aromatic nitrogens is 2. The molecular weight excluding hydrogens is 294 g/mol. The third kappa shape index (κ3) is 4.42. The molecule has 0 aliphatic heterocycles. The normalized spacial score (nSPS) is 10.8. The van der Waals surface area contributed by atoms with Crippen LogP contribution >= 0.6 is 11.6 Å². The van der Waals surface area contributed by atoms with Crippen LogP contribution in [-0.2, 0) is 17.9 Å². The Morgan fingerprint density at radius 1 is 1.33 bits per heavy atom. The van der Waals surface area contributed by atoms with Crippen molar-refractivity contribution in [3.63, 3.8) is 0 Å². The minimum Gasteiger partial charge on any atom is -0.487 e. The van der Waals surface area contributed by atoms with E-state index < -0.39 is 0 Å². The smallest absolute Gasteiger partial charge is 0.145 e. The van der Waals surface area contributed by atoms with Gasteiger partial charge >= 0.3 is 0 Å². The topological polar surface area (TPSA) is 69.4 Å². The van der Waals surface area contributed by atoms with Crippen LogP contribution in [0.3, 0.4) is 0 Å². The number of hydrogen-bond donors (Lipinski definition) is 1. The molecule has 0 atom stereocenters. The maximum Gasteiger partial charge on any atom is 0.145 e. The molecule has 2 aromatic rings. The Labute approximate surface area is 128 Å². The van der Waals surface area contributed by atoms with Crippen molar-refractivity contribution in [2.45, 2.75) is 20.1 Å². The summed E-state index contributed by atoms with van der Waals surface area (Å²) in [6.45, 7) is 4.10. The molecule has 0 saturated heterocycles. The molecule has 1 aromatic heterocycles. The lowest BCUT2D eigenvalue weighted by Gasteiger charge is -2.13. The molecule has 1 N–H and O–H groups in total. The first-order valence-corrected chi connectivity index (χ1v) is 6.98. The summed E-state index contributed by atoms with van der Waals surface area (Å²) >= 11 is 6.24. The Bertz CT molecular complexity index is 574. The number of aryl methyl sites for hydroxylation is 1. The monoisotopic (exact) mass is 311 g/mol. The van der Waals surface area contributed by atoms with Crippen molar-refractivity contribution in [2.75, 3.05) is 20.3 Å². The number of methoxy groups -OCH3 is 1. The molecule has 7 heteroatoms. The van der Waals surface area contributed by atoms with Gasteiger partial charge in [-0.25, -0.2) is 4.63 Å². The van der Waals surface area contributed by atoms with Gasteiger partial charge in [0, 0.05) is 30.8 Å². The minimum absolute atomic E-state index is 0.292. The summed E-state index contributed by atoms with van der Waals surface area (Å²) < 4.78 is 15.4. The fourth-order valence-corrected chi connectivity index (χ4v) is 1.99. The van der Waals surface area contributed by atoms with Crippen molar-refractivity contribution in [1.82, 2.24) is 15.6 Å². The predicted molar refractivity (Wildman–Crippen MR) is 78.4 cm³/mol. The highest BCUT2D eigenvalue weighted by molar-refractivity contribution is 6.31. The zero-order valence-corrected chi connectivity index (χ0v) is 12.8. The van der Waals surface area contributed by atoms with Gasteiger partial charge < -0.3 is 14.8 Å². The number of nitrogens with zero attached hydrogens (tertiary/aromatic N) is 2. The molecule has 0 amide bonds. The molecule has 0 fully saturated rings. The molecule has 0 radical (unpaired) electrons.